The number of benzene rings is 2. The van der Waals surface area contributed by atoms with Crippen molar-refractivity contribution in [2.45, 2.75) is 53.4 Å². The van der Waals surface area contributed by atoms with E-state index >= 15 is 0 Å². The van der Waals surface area contributed by atoms with Crippen LogP contribution in [0.25, 0.3) is 0 Å². The van der Waals surface area contributed by atoms with Crippen LogP contribution in [0.5, 0.6) is 0 Å². The Hall–Kier alpha value is -3.95. The van der Waals surface area contributed by atoms with Crippen molar-refractivity contribution in [3.63, 3.8) is 0 Å². The zero-order chi connectivity index (χ0) is 33.1. The standard InChI is InChI=1S/C17H15ClFN3.C11H15N.C6HCl2FN2/c1-17(2)7-10-4-3-5-14(12(10)8-17)21-16-13(19)6-11(9-20)15(18)22-16;1-11(2)6-8-4-3-5-10(12)9(8)7-11;7-5-3(2-10)1-4(9)6(8)11-5/h3-6H,7-8H2,1-2H3,(H,21,22);3-5H,6-7,12H2,1-2H3;1H. The van der Waals surface area contributed by atoms with Gasteiger partial charge < -0.3 is 11.1 Å². The molecule has 2 aliphatic carbocycles. The Morgan fingerprint density at radius 3 is 1.82 bits per heavy atom. The highest BCUT2D eigenvalue weighted by molar-refractivity contribution is 6.33. The monoisotopic (exact) mass is 666 g/mol. The minimum Gasteiger partial charge on any atom is -0.398 e. The van der Waals surface area contributed by atoms with Crippen molar-refractivity contribution in [3.05, 3.63) is 109 Å². The molecule has 0 saturated carbocycles. The number of aromatic nitrogens is 2. The van der Waals surface area contributed by atoms with E-state index in [1.165, 1.54) is 28.7 Å². The molecule has 0 unspecified atom stereocenters. The van der Waals surface area contributed by atoms with Gasteiger partial charge in [-0.2, -0.15) is 10.5 Å². The maximum Gasteiger partial charge on any atom is 0.168 e. The molecule has 2 aromatic carbocycles. The summed E-state index contributed by atoms with van der Waals surface area (Å²) < 4.78 is 26.6. The van der Waals surface area contributed by atoms with Gasteiger partial charge in [-0.25, -0.2) is 18.7 Å². The second-order valence-corrected chi connectivity index (χ2v) is 13.6. The highest BCUT2D eigenvalue weighted by atomic mass is 35.5. The topological polar surface area (TPSA) is 111 Å². The number of hydrogen-bond acceptors (Lipinski definition) is 6. The van der Waals surface area contributed by atoms with Crippen molar-refractivity contribution in [1.29, 1.82) is 10.5 Å². The first-order valence-corrected chi connectivity index (χ1v) is 15.2. The summed E-state index contributed by atoms with van der Waals surface area (Å²) in [6.45, 7) is 9.03. The summed E-state index contributed by atoms with van der Waals surface area (Å²) in [5, 5.41) is 19.8. The van der Waals surface area contributed by atoms with Gasteiger partial charge in [-0.05, 0) is 83.0 Å². The average molecular weight is 668 g/mol. The molecule has 11 heteroatoms. The number of pyridine rings is 2. The molecule has 2 heterocycles. The molecule has 0 bridgehead atoms. The molecule has 6 rings (SSSR count). The molecule has 45 heavy (non-hydrogen) atoms. The Kier molecular flexibility index (Phi) is 10.2. The number of anilines is 3. The minimum absolute atomic E-state index is 0.000642. The van der Waals surface area contributed by atoms with Crippen LogP contribution in [0.4, 0.5) is 26.0 Å². The largest absolute Gasteiger partial charge is 0.398 e. The van der Waals surface area contributed by atoms with Crippen molar-refractivity contribution in [2.24, 2.45) is 10.8 Å². The van der Waals surface area contributed by atoms with E-state index in [1.807, 2.05) is 24.3 Å². The predicted molar refractivity (Wildman–Crippen MR) is 176 cm³/mol. The normalized spacial score (nSPS) is 14.8. The van der Waals surface area contributed by atoms with Gasteiger partial charge in [-0.3, -0.25) is 0 Å². The van der Waals surface area contributed by atoms with Crippen LogP contribution in [0.2, 0.25) is 15.5 Å². The van der Waals surface area contributed by atoms with Crippen molar-refractivity contribution in [2.75, 3.05) is 11.1 Å². The fourth-order valence-electron chi connectivity index (χ4n) is 5.56. The SMILES string of the molecule is CC1(C)Cc2cccc(N)c2C1.CC1(C)Cc2cccc(Nc3nc(Cl)c(C#N)cc3F)c2C1.N#Cc1cc(F)c(Cl)nc1Cl. The van der Waals surface area contributed by atoms with Crippen LogP contribution in [-0.2, 0) is 25.7 Å². The lowest BCUT2D eigenvalue weighted by Gasteiger charge is -2.16. The first kappa shape index (κ1) is 33.9. The van der Waals surface area contributed by atoms with Gasteiger partial charge in [0.25, 0.3) is 0 Å². The average Bonchev–Trinajstić information content (AvgIpc) is 3.47. The van der Waals surface area contributed by atoms with Crippen molar-refractivity contribution in [1.82, 2.24) is 9.97 Å². The van der Waals surface area contributed by atoms with E-state index in [9.17, 15) is 8.78 Å². The number of halogens is 5. The lowest BCUT2D eigenvalue weighted by molar-refractivity contribution is 0.392. The van der Waals surface area contributed by atoms with Gasteiger partial charge in [-0.1, -0.05) is 86.8 Å². The summed E-state index contributed by atoms with van der Waals surface area (Å²) in [5.41, 5.74) is 13.6. The highest BCUT2D eigenvalue weighted by Crippen LogP contribution is 2.41. The molecule has 3 N–H and O–H groups in total. The molecule has 0 radical (unpaired) electrons. The van der Waals surface area contributed by atoms with Crippen LogP contribution in [0, 0.1) is 45.1 Å². The van der Waals surface area contributed by atoms with E-state index in [0.29, 0.717) is 5.41 Å². The molecular weight excluding hydrogens is 637 g/mol. The Labute approximate surface area is 276 Å². The first-order chi connectivity index (χ1) is 21.1. The molecule has 0 fully saturated rings. The van der Waals surface area contributed by atoms with Gasteiger partial charge in [0.2, 0.25) is 0 Å². The molecule has 0 atom stereocenters. The van der Waals surface area contributed by atoms with Crippen LogP contribution < -0.4 is 11.1 Å². The number of nitrogen functional groups attached to an aromatic ring is 1. The number of nitrogens with one attached hydrogen (secondary N) is 1. The lowest BCUT2D eigenvalue weighted by atomic mass is 9.90. The number of rotatable bonds is 2. The van der Waals surface area contributed by atoms with E-state index in [4.69, 9.17) is 51.1 Å². The quantitative estimate of drug-likeness (QED) is 0.163. The number of nitrogens with zero attached hydrogens (tertiary/aromatic N) is 4. The van der Waals surface area contributed by atoms with E-state index in [-0.39, 0.29) is 37.8 Å². The molecule has 4 aromatic rings. The third-order valence-corrected chi connectivity index (χ3v) is 8.38. The predicted octanol–water partition coefficient (Wildman–Crippen LogP) is 9.41. The Bertz CT molecular complexity index is 1840. The zero-order valence-corrected chi connectivity index (χ0v) is 27.5. The Morgan fingerprint density at radius 2 is 1.24 bits per heavy atom. The second kappa shape index (κ2) is 13.6. The first-order valence-electron chi connectivity index (χ1n) is 14.0. The van der Waals surface area contributed by atoms with E-state index in [0.717, 1.165) is 42.8 Å². The fraction of sp³-hybridized carbons (Fsp3) is 0.294. The summed E-state index contributed by atoms with van der Waals surface area (Å²) in [7, 11) is 0. The Morgan fingerprint density at radius 1 is 0.733 bits per heavy atom. The number of nitriles is 2. The Balaban J connectivity index is 0.000000169. The van der Waals surface area contributed by atoms with Crippen molar-refractivity contribution < 1.29 is 8.78 Å². The van der Waals surface area contributed by atoms with Crippen LogP contribution in [0.3, 0.4) is 0 Å². The third kappa shape index (κ3) is 8.21. The number of hydrogen-bond donors (Lipinski definition) is 2. The molecule has 2 aliphatic rings. The van der Waals surface area contributed by atoms with Gasteiger partial charge in [-0.15, -0.1) is 0 Å². The van der Waals surface area contributed by atoms with E-state index in [1.54, 1.807) is 6.07 Å². The van der Waals surface area contributed by atoms with Gasteiger partial charge in [0.15, 0.2) is 22.6 Å². The summed E-state index contributed by atoms with van der Waals surface area (Å²) in [5.74, 6) is -1.29. The molecule has 0 saturated heterocycles. The summed E-state index contributed by atoms with van der Waals surface area (Å²) in [4.78, 5) is 7.33. The molecular formula is C34H31Cl3F2N6. The summed E-state index contributed by atoms with van der Waals surface area (Å²) in [6.07, 6.45) is 4.24. The summed E-state index contributed by atoms with van der Waals surface area (Å²) >= 11 is 16.6. The highest BCUT2D eigenvalue weighted by Gasteiger charge is 2.30. The van der Waals surface area contributed by atoms with Gasteiger partial charge in [0.1, 0.15) is 22.4 Å². The smallest absolute Gasteiger partial charge is 0.168 e. The van der Waals surface area contributed by atoms with Gasteiger partial charge in [0.05, 0.1) is 11.1 Å². The third-order valence-electron chi connectivity index (χ3n) is 7.54. The van der Waals surface area contributed by atoms with E-state index < -0.39 is 11.6 Å². The van der Waals surface area contributed by atoms with E-state index in [2.05, 4.69) is 61.2 Å². The molecule has 6 nitrogen and oxygen atoms in total. The van der Waals surface area contributed by atoms with Crippen LogP contribution in [0.15, 0.2) is 48.5 Å². The second-order valence-electron chi connectivity index (χ2n) is 12.6. The van der Waals surface area contributed by atoms with Crippen LogP contribution >= 0.6 is 34.8 Å². The lowest BCUT2D eigenvalue weighted by Crippen LogP contribution is -2.10. The zero-order valence-electron chi connectivity index (χ0n) is 25.2. The van der Waals surface area contributed by atoms with Gasteiger partial charge in [0, 0.05) is 11.4 Å². The minimum atomic E-state index is -0.743. The van der Waals surface area contributed by atoms with Gasteiger partial charge >= 0.3 is 0 Å². The van der Waals surface area contributed by atoms with Crippen molar-refractivity contribution >= 4 is 52.0 Å². The number of fused-ring (bicyclic) bond motifs is 2. The fourth-order valence-corrected chi connectivity index (χ4v) is 6.10. The molecule has 0 amide bonds. The van der Waals surface area contributed by atoms with Crippen LogP contribution in [0.1, 0.15) is 61.1 Å². The molecule has 0 spiro atoms. The van der Waals surface area contributed by atoms with Crippen molar-refractivity contribution in [3.8, 4) is 12.1 Å². The summed E-state index contributed by atoms with van der Waals surface area (Å²) in [6, 6.07) is 17.7. The molecule has 0 aliphatic heterocycles. The molecule has 2 aromatic heterocycles. The molecule has 232 valence electrons. The maximum atomic E-state index is 14.1. The van der Waals surface area contributed by atoms with Crippen LogP contribution in [-0.4, -0.2) is 9.97 Å². The number of nitrogens with two attached hydrogens (primary N) is 1. The maximum absolute atomic E-state index is 14.1.